The zero-order valence-electron chi connectivity index (χ0n) is 11.0. The molecule has 5 heteroatoms. The summed E-state index contributed by atoms with van der Waals surface area (Å²) in [6.07, 6.45) is 6.79. The zero-order valence-corrected chi connectivity index (χ0v) is 11.8. The molecule has 0 aromatic carbocycles. The predicted molar refractivity (Wildman–Crippen MR) is 72.3 cm³/mol. The smallest absolute Gasteiger partial charge is 0.200 e. The van der Waals surface area contributed by atoms with Gasteiger partial charge in [-0.3, -0.25) is 0 Å². The highest BCUT2D eigenvalue weighted by molar-refractivity contribution is 7.99. The van der Waals surface area contributed by atoms with Gasteiger partial charge in [-0.15, -0.1) is 0 Å². The van der Waals surface area contributed by atoms with Crippen LogP contribution in [0.5, 0.6) is 0 Å². The molecule has 1 aliphatic rings. The summed E-state index contributed by atoms with van der Waals surface area (Å²) in [6.45, 7) is 0. The molecule has 100 valence electrons. The Morgan fingerprint density at radius 1 is 1.33 bits per heavy atom. The van der Waals surface area contributed by atoms with Gasteiger partial charge in [0.15, 0.2) is 0 Å². The van der Waals surface area contributed by atoms with Gasteiger partial charge in [-0.1, -0.05) is 12.8 Å². The molecule has 0 aliphatic heterocycles. The van der Waals surface area contributed by atoms with Crippen molar-refractivity contribution in [2.75, 3.05) is 14.2 Å². The van der Waals surface area contributed by atoms with Crippen LogP contribution in [0.4, 0.5) is 0 Å². The van der Waals surface area contributed by atoms with Crippen LogP contribution in [0.2, 0.25) is 0 Å². The first-order valence-corrected chi connectivity index (χ1v) is 7.37. The SMILES string of the molecule is COC(OC)c1ccnc(CSC2CCCC2)n1. The Kier molecular flexibility index (Phi) is 5.41. The molecule has 1 aromatic heterocycles. The molecule has 0 saturated heterocycles. The molecule has 1 saturated carbocycles. The van der Waals surface area contributed by atoms with Crippen LogP contribution in [0.3, 0.4) is 0 Å². The molecule has 1 heterocycles. The lowest BCUT2D eigenvalue weighted by molar-refractivity contribution is -0.108. The monoisotopic (exact) mass is 268 g/mol. The van der Waals surface area contributed by atoms with E-state index in [9.17, 15) is 0 Å². The number of rotatable bonds is 6. The number of hydrogen-bond acceptors (Lipinski definition) is 5. The van der Waals surface area contributed by atoms with Crippen molar-refractivity contribution >= 4 is 11.8 Å². The van der Waals surface area contributed by atoms with E-state index in [0.717, 1.165) is 22.5 Å². The van der Waals surface area contributed by atoms with Crippen molar-refractivity contribution in [1.82, 2.24) is 9.97 Å². The van der Waals surface area contributed by atoms with Gasteiger partial charge < -0.3 is 9.47 Å². The highest BCUT2D eigenvalue weighted by atomic mass is 32.2. The molecule has 0 spiro atoms. The predicted octanol–water partition coefficient (Wildman–Crippen LogP) is 2.94. The molecule has 1 aliphatic carbocycles. The number of thioether (sulfide) groups is 1. The molecule has 0 unspecified atom stereocenters. The second-order valence-corrected chi connectivity index (χ2v) is 5.71. The van der Waals surface area contributed by atoms with E-state index >= 15 is 0 Å². The maximum Gasteiger partial charge on any atom is 0.200 e. The van der Waals surface area contributed by atoms with Crippen molar-refractivity contribution < 1.29 is 9.47 Å². The molecule has 0 radical (unpaired) electrons. The van der Waals surface area contributed by atoms with Gasteiger partial charge in [-0.2, -0.15) is 11.8 Å². The van der Waals surface area contributed by atoms with Gasteiger partial charge in [-0.25, -0.2) is 9.97 Å². The third-order valence-electron chi connectivity index (χ3n) is 3.15. The quantitative estimate of drug-likeness (QED) is 0.742. The van der Waals surface area contributed by atoms with E-state index in [1.807, 2.05) is 17.8 Å². The Morgan fingerprint density at radius 3 is 2.72 bits per heavy atom. The average molecular weight is 268 g/mol. The zero-order chi connectivity index (χ0) is 12.8. The molecule has 1 aromatic rings. The van der Waals surface area contributed by atoms with E-state index in [1.54, 1.807) is 20.4 Å². The van der Waals surface area contributed by atoms with Crippen LogP contribution in [0.1, 0.15) is 43.5 Å². The number of ether oxygens (including phenoxy) is 2. The van der Waals surface area contributed by atoms with Crippen molar-refractivity contribution in [2.45, 2.75) is 43.0 Å². The normalized spacial score (nSPS) is 16.6. The highest BCUT2D eigenvalue weighted by Crippen LogP contribution is 2.31. The van der Waals surface area contributed by atoms with E-state index in [4.69, 9.17) is 9.47 Å². The summed E-state index contributed by atoms with van der Waals surface area (Å²) < 4.78 is 10.4. The van der Waals surface area contributed by atoms with Gasteiger partial charge in [0.05, 0.1) is 11.4 Å². The Morgan fingerprint density at radius 2 is 2.06 bits per heavy atom. The fraction of sp³-hybridized carbons (Fsp3) is 0.692. The average Bonchev–Trinajstić information content (AvgIpc) is 2.92. The lowest BCUT2D eigenvalue weighted by Gasteiger charge is -2.13. The van der Waals surface area contributed by atoms with Crippen LogP contribution in [-0.4, -0.2) is 29.4 Å². The first-order valence-electron chi connectivity index (χ1n) is 6.32. The summed E-state index contributed by atoms with van der Waals surface area (Å²) in [7, 11) is 3.23. The molecule has 0 amide bonds. The first-order chi connectivity index (χ1) is 8.83. The largest absolute Gasteiger partial charge is 0.350 e. The first kappa shape index (κ1) is 13.8. The summed E-state index contributed by atoms with van der Waals surface area (Å²) in [5.74, 6) is 1.74. The van der Waals surface area contributed by atoms with Gasteiger partial charge in [0.1, 0.15) is 5.82 Å². The molecule has 0 N–H and O–H groups in total. The molecule has 4 nitrogen and oxygen atoms in total. The van der Waals surface area contributed by atoms with Crippen LogP contribution in [0.15, 0.2) is 12.3 Å². The van der Waals surface area contributed by atoms with Crippen molar-refractivity contribution in [3.8, 4) is 0 Å². The number of methoxy groups -OCH3 is 2. The minimum absolute atomic E-state index is 0.400. The van der Waals surface area contributed by atoms with Gasteiger partial charge in [-0.05, 0) is 18.9 Å². The topological polar surface area (TPSA) is 44.2 Å². The van der Waals surface area contributed by atoms with Gasteiger partial charge in [0.2, 0.25) is 6.29 Å². The minimum Gasteiger partial charge on any atom is -0.350 e. The lowest BCUT2D eigenvalue weighted by Crippen LogP contribution is -2.08. The summed E-state index contributed by atoms with van der Waals surface area (Å²) in [5, 5.41) is 0.790. The number of aromatic nitrogens is 2. The summed E-state index contributed by atoms with van der Waals surface area (Å²) >= 11 is 1.97. The number of nitrogens with zero attached hydrogens (tertiary/aromatic N) is 2. The standard InChI is InChI=1S/C13H20N2O2S/c1-16-13(17-2)11-7-8-14-12(15-11)9-18-10-5-3-4-6-10/h7-8,10,13H,3-6,9H2,1-2H3. The molecule has 0 atom stereocenters. The molecule has 1 fully saturated rings. The molecular formula is C13H20N2O2S. The van der Waals surface area contributed by atoms with Crippen LogP contribution < -0.4 is 0 Å². The second-order valence-electron chi connectivity index (χ2n) is 4.42. The molecule has 2 rings (SSSR count). The molecule has 0 bridgehead atoms. The van der Waals surface area contributed by atoms with Crippen molar-refractivity contribution in [3.63, 3.8) is 0 Å². The Labute approximate surface area is 112 Å². The fourth-order valence-corrected chi connectivity index (χ4v) is 3.39. The third kappa shape index (κ3) is 3.67. The van der Waals surface area contributed by atoms with E-state index in [2.05, 4.69) is 9.97 Å². The molecule has 18 heavy (non-hydrogen) atoms. The van der Waals surface area contributed by atoms with Crippen LogP contribution in [0.25, 0.3) is 0 Å². The fourth-order valence-electron chi connectivity index (χ4n) is 2.20. The van der Waals surface area contributed by atoms with Gasteiger partial charge in [0, 0.05) is 25.7 Å². The summed E-state index contributed by atoms with van der Waals surface area (Å²) in [5.41, 5.74) is 0.789. The Bertz CT molecular complexity index is 366. The number of hydrogen-bond donors (Lipinski definition) is 0. The maximum atomic E-state index is 5.20. The summed E-state index contributed by atoms with van der Waals surface area (Å²) in [6, 6.07) is 1.83. The van der Waals surface area contributed by atoms with Gasteiger partial charge >= 0.3 is 0 Å². The van der Waals surface area contributed by atoms with Crippen LogP contribution in [0, 0.1) is 0 Å². The Hall–Kier alpha value is -0.650. The van der Waals surface area contributed by atoms with Crippen molar-refractivity contribution in [2.24, 2.45) is 0 Å². The van der Waals surface area contributed by atoms with Crippen molar-refractivity contribution in [1.29, 1.82) is 0 Å². The van der Waals surface area contributed by atoms with E-state index < -0.39 is 6.29 Å². The van der Waals surface area contributed by atoms with Crippen LogP contribution in [-0.2, 0) is 15.2 Å². The third-order valence-corrected chi connectivity index (χ3v) is 4.51. The van der Waals surface area contributed by atoms with E-state index in [-0.39, 0.29) is 0 Å². The van der Waals surface area contributed by atoms with Crippen molar-refractivity contribution in [3.05, 3.63) is 23.8 Å². The van der Waals surface area contributed by atoms with Gasteiger partial charge in [0.25, 0.3) is 0 Å². The minimum atomic E-state index is -0.400. The lowest BCUT2D eigenvalue weighted by atomic mass is 10.4. The molecular weight excluding hydrogens is 248 g/mol. The van der Waals surface area contributed by atoms with Crippen LogP contribution >= 0.6 is 11.8 Å². The maximum absolute atomic E-state index is 5.20. The Balaban J connectivity index is 1.93. The second kappa shape index (κ2) is 7.07. The van der Waals surface area contributed by atoms with E-state index in [1.165, 1.54) is 25.7 Å². The summed E-state index contributed by atoms with van der Waals surface area (Å²) in [4.78, 5) is 8.80. The van der Waals surface area contributed by atoms with E-state index in [0.29, 0.717) is 0 Å². The highest BCUT2D eigenvalue weighted by Gasteiger charge is 2.16.